The lowest BCUT2D eigenvalue weighted by Crippen LogP contribution is -2.46. The van der Waals surface area contributed by atoms with Crippen molar-refractivity contribution >= 4 is 41.6 Å². The topological polar surface area (TPSA) is 150 Å². The van der Waals surface area contributed by atoms with Crippen LogP contribution in [0, 0.1) is 0 Å². The standard InChI is InChI=1S/C28H35ClN4O7/c1-28(2,3)40-26(36)31-22(23(34)17-29)15-10-16-33(27(37)39-19-21-13-8-5-9-14-21)24(30)32-25(35)38-18-20-11-6-4-7-12-20/h4-9,11-14,22H,10,15-19H2,1-3H3,(H,31,36)(H2,30,32,35)/t22-/m0/s1. The number of nitrogens with one attached hydrogen (secondary N) is 1. The fraction of sp³-hybridized carbons (Fsp3) is 0.393. The van der Waals surface area contributed by atoms with Crippen molar-refractivity contribution in [2.45, 2.75) is 58.5 Å². The van der Waals surface area contributed by atoms with Crippen LogP contribution in [0.3, 0.4) is 0 Å². The quantitative estimate of drug-likeness (QED) is 0.169. The Morgan fingerprint density at radius 3 is 2.02 bits per heavy atom. The summed E-state index contributed by atoms with van der Waals surface area (Å²) in [6.07, 6.45) is -2.37. The maximum absolute atomic E-state index is 12.9. The number of nitrogens with zero attached hydrogens (tertiary/aromatic N) is 2. The maximum atomic E-state index is 12.9. The van der Waals surface area contributed by atoms with E-state index in [1.54, 1.807) is 69.3 Å². The van der Waals surface area contributed by atoms with E-state index in [-0.39, 0.29) is 38.5 Å². The highest BCUT2D eigenvalue weighted by Gasteiger charge is 2.26. The molecule has 1 atom stereocenters. The molecule has 0 saturated heterocycles. The Kier molecular flexibility index (Phi) is 12.9. The van der Waals surface area contributed by atoms with Gasteiger partial charge in [0.2, 0.25) is 5.96 Å². The largest absolute Gasteiger partial charge is 0.444 e. The van der Waals surface area contributed by atoms with Crippen LogP contribution in [0.15, 0.2) is 65.7 Å². The Bertz CT molecular complexity index is 1150. The molecule has 2 aromatic carbocycles. The molecule has 0 spiro atoms. The first-order valence-electron chi connectivity index (χ1n) is 12.6. The van der Waals surface area contributed by atoms with Crippen molar-refractivity contribution < 1.29 is 33.4 Å². The highest BCUT2D eigenvalue weighted by Crippen LogP contribution is 2.11. The number of carbonyl (C=O) groups is 4. The van der Waals surface area contributed by atoms with Gasteiger partial charge in [-0.05, 0) is 44.7 Å². The Morgan fingerprint density at radius 1 is 0.950 bits per heavy atom. The number of amides is 3. The zero-order chi connectivity index (χ0) is 29.5. The molecule has 0 saturated carbocycles. The third kappa shape index (κ3) is 12.2. The lowest BCUT2D eigenvalue weighted by atomic mass is 10.1. The number of benzene rings is 2. The van der Waals surface area contributed by atoms with Gasteiger partial charge in [0, 0.05) is 6.54 Å². The van der Waals surface area contributed by atoms with Crippen molar-refractivity contribution in [3.8, 4) is 0 Å². The van der Waals surface area contributed by atoms with Gasteiger partial charge in [-0.15, -0.1) is 16.6 Å². The Balaban J connectivity index is 2.09. The molecule has 0 unspecified atom stereocenters. The van der Waals surface area contributed by atoms with Gasteiger partial charge >= 0.3 is 18.3 Å². The van der Waals surface area contributed by atoms with Gasteiger partial charge < -0.3 is 25.3 Å². The van der Waals surface area contributed by atoms with Gasteiger partial charge in [0.15, 0.2) is 5.78 Å². The van der Waals surface area contributed by atoms with Gasteiger partial charge in [-0.3, -0.25) is 4.79 Å². The first-order valence-corrected chi connectivity index (χ1v) is 13.1. The highest BCUT2D eigenvalue weighted by molar-refractivity contribution is 6.28. The minimum absolute atomic E-state index is 0.0343. The summed E-state index contributed by atoms with van der Waals surface area (Å²) < 4.78 is 15.7. The van der Waals surface area contributed by atoms with E-state index in [4.69, 9.17) is 31.5 Å². The number of Topliss-reactive ketones (excluding diaryl/α,β-unsaturated/α-hetero) is 1. The third-order valence-electron chi connectivity index (χ3n) is 5.20. The van der Waals surface area contributed by atoms with Crippen LogP contribution in [0.4, 0.5) is 14.4 Å². The lowest BCUT2D eigenvalue weighted by molar-refractivity contribution is -0.118. The third-order valence-corrected chi connectivity index (χ3v) is 5.46. The molecule has 0 fully saturated rings. The summed E-state index contributed by atoms with van der Waals surface area (Å²) in [6, 6.07) is 17.0. The smallest absolute Gasteiger partial charge is 0.437 e. The van der Waals surface area contributed by atoms with Crippen molar-refractivity contribution in [2.24, 2.45) is 10.7 Å². The van der Waals surface area contributed by atoms with E-state index < -0.39 is 41.7 Å². The van der Waals surface area contributed by atoms with E-state index in [1.165, 1.54) is 0 Å². The molecule has 0 aliphatic heterocycles. The molecule has 12 heteroatoms. The van der Waals surface area contributed by atoms with E-state index in [1.807, 2.05) is 12.1 Å². The van der Waals surface area contributed by atoms with Gasteiger partial charge in [-0.1, -0.05) is 60.7 Å². The highest BCUT2D eigenvalue weighted by atomic mass is 35.5. The number of nitrogens with two attached hydrogens (primary N) is 1. The van der Waals surface area contributed by atoms with Crippen LogP contribution in [0.25, 0.3) is 0 Å². The normalized spacial score (nSPS) is 12.2. The van der Waals surface area contributed by atoms with Crippen molar-refractivity contribution in [1.29, 1.82) is 0 Å². The van der Waals surface area contributed by atoms with Crippen LogP contribution in [0.1, 0.15) is 44.7 Å². The second-order valence-electron chi connectivity index (χ2n) is 9.64. The Hall–Kier alpha value is -4.12. The molecule has 3 N–H and O–H groups in total. The minimum Gasteiger partial charge on any atom is -0.444 e. The second kappa shape index (κ2) is 16.1. The zero-order valence-electron chi connectivity index (χ0n) is 22.8. The van der Waals surface area contributed by atoms with Gasteiger partial charge in [0.25, 0.3) is 0 Å². The monoisotopic (exact) mass is 574 g/mol. The fourth-order valence-electron chi connectivity index (χ4n) is 3.31. The SMILES string of the molecule is CC(C)(C)OC(=O)N[C@@H](CCCN(C(=O)OCc1ccccc1)/C(N)=N\C(=O)OCc1ccccc1)C(=O)CCl. The molecule has 0 radical (unpaired) electrons. The number of guanidine groups is 1. The molecule has 0 aromatic heterocycles. The van der Waals surface area contributed by atoms with Crippen LogP contribution in [0.5, 0.6) is 0 Å². The molecular weight excluding hydrogens is 540 g/mol. The van der Waals surface area contributed by atoms with Crippen LogP contribution in [-0.2, 0) is 32.2 Å². The number of halogens is 1. The number of carbonyl (C=O) groups excluding carboxylic acids is 4. The van der Waals surface area contributed by atoms with Crippen LogP contribution >= 0.6 is 11.6 Å². The van der Waals surface area contributed by atoms with Crippen LogP contribution < -0.4 is 11.1 Å². The van der Waals surface area contributed by atoms with Gasteiger partial charge in [0.05, 0.1) is 11.9 Å². The number of rotatable bonds is 11. The van der Waals surface area contributed by atoms with Crippen LogP contribution in [0.2, 0.25) is 0 Å². The molecule has 11 nitrogen and oxygen atoms in total. The van der Waals surface area contributed by atoms with E-state index in [0.29, 0.717) is 0 Å². The van der Waals surface area contributed by atoms with Crippen LogP contribution in [-0.4, -0.2) is 59.0 Å². The van der Waals surface area contributed by atoms with Gasteiger partial charge in [-0.25, -0.2) is 19.3 Å². The summed E-state index contributed by atoms with van der Waals surface area (Å²) in [5.41, 5.74) is 6.73. The summed E-state index contributed by atoms with van der Waals surface area (Å²) in [5.74, 6) is -1.21. The molecule has 0 aliphatic rings. The average Bonchev–Trinajstić information content (AvgIpc) is 2.91. The summed E-state index contributed by atoms with van der Waals surface area (Å²) in [5, 5.41) is 2.50. The van der Waals surface area contributed by atoms with Gasteiger partial charge in [0.1, 0.15) is 18.8 Å². The van der Waals surface area contributed by atoms with Crippen molar-refractivity contribution in [3.63, 3.8) is 0 Å². The number of ketones is 1. The van der Waals surface area contributed by atoms with E-state index in [0.717, 1.165) is 16.0 Å². The predicted molar refractivity (Wildman–Crippen MR) is 150 cm³/mol. The van der Waals surface area contributed by atoms with Crippen molar-refractivity contribution in [3.05, 3.63) is 71.8 Å². The molecule has 3 amide bonds. The summed E-state index contributed by atoms with van der Waals surface area (Å²) in [4.78, 5) is 54.4. The fourth-order valence-corrected chi connectivity index (χ4v) is 3.50. The number of ether oxygens (including phenoxy) is 3. The summed E-state index contributed by atoms with van der Waals surface area (Å²) in [6.45, 7) is 4.91. The lowest BCUT2D eigenvalue weighted by Gasteiger charge is -2.24. The molecule has 2 aromatic rings. The van der Waals surface area contributed by atoms with E-state index >= 15 is 0 Å². The second-order valence-corrected chi connectivity index (χ2v) is 9.91. The number of hydrogen-bond donors (Lipinski definition) is 2. The van der Waals surface area contributed by atoms with Crippen molar-refractivity contribution in [1.82, 2.24) is 10.2 Å². The molecular formula is C28H35ClN4O7. The molecule has 0 bridgehead atoms. The first kappa shape index (κ1) is 32.1. The zero-order valence-corrected chi connectivity index (χ0v) is 23.6. The van der Waals surface area contributed by atoms with Gasteiger partial charge in [-0.2, -0.15) is 0 Å². The predicted octanol–water partition coefficient (Wildman–Crippen LogP) is 4.76. The molecule has 40 heavy (non-hydrogen) atoms. The Morgan fingerprint density at radius 2 is 1.50 bits per heavy atom. The van der Waals surface area contributed by atoms with Crippen molar-refractivity contribution in [2.75, 3.05) is 12.4 Å². The summed E-state index contributed by atoms with van der Waals surface area (Å²) >= 11 is 5.72. The number of aliphatic imine (C=N–C) groups is 1. The number of hydrogen-bond acceptors (Lipinski definition) is 7. The molecule has 0 aliphatic carbocycles. The maximum Gasteiger partial charge on any atom is 0.437 e. The summed E-state index contributed by atoms with van der Waals surface area (Å²) in [7, 11) is 0. The molecule has 216 valence electrons. The number of alkyl halides is 1. The molecule has 2 rings (SSSR count). The Labute approximate surface area is 238 Å². The average molecular weight is 575 g/mol. The van der Waals surface area contributed by atoms with E-state index in [9.17, 15) is 19.2 Å². The van der Waals surface area contributed by atoms with E-state index in [2.05, 4.69) is 10.3 Å². The number of alkyl carbamates (subject to hydrolysis) is 1. The minimum atomic E-state index is -0.996. The first-order chi connectivity index (χ1) is 19.0. The molecule has 0 heterocycles.